The lowest BCUT2D eigenvalue weighted by atomic mass is 10.2. The number of ether oxygens (including phenoxy) is 1. The van der Waals surface area contributed by atoms with Crippen LogP contribution in [0.25, 0.3) is 0 Å². The minimum atomic E-state index is -0.00294. The van der Waals surface area contributed by atoms with Gasteiger partial charge in [0.2, 0.25) is 5.91 Å². The molecule has 1 heterocycles. The molecule has 19 heavy (non-hydrogen) atoms. The van der Waals surface area contributed by atoms with Gasteiger partial charge in [0.15, 0.2) is 5.96 Å². The summed E-state index contributed by atoms with van der Waals surface area (Å²) < 4.78 is 5.54. The maximum Gasteiger partial charge on any atom is 0.242 e. The fourth-order valence-electron chi connectivity index (χ4n) is 2.01. The highest BCUT2D eigenvalue weighted by atomic mass is 16.5. The Morgan fingerprint density at radius 3 is 2.79 bits per heavy atom. The largest absolute Gasteiger partial charge is 0.376 e. The van der Waals surface area contributed by atoms with Crippen LogP contribution in [0.15, 0.2) is 4.99 Å². The summed E-state index contributed by atoms with van der Waals surface area (Å²) in [6, 6.07) is 0.394. The van der Waals surface area contributed by atoms with Crippen LogP contribution in [0, 0.1) is 0 Å². The molecule has 1 aliphatic heterocycles. The highest BCUT2D eigenvalue weighted by Gasteiger charge is 2.22. The van der Waals surface area contributed by atoms with Crippen LogP contribution in [0.5, 0.6) is 0 Å². The Morgan fingerprint density at radius 2 is 2.16 bits per heavy atom. The fourth-order valence-corrected chi connectivity index (χ4v) is 2.01. The summed E-state index contributed by atoms with van der Waals surface area (Å²) in [7, 11) is 0. The van der Waals surface area contributed by atoms with E-state index in [1.165, 1.54) is 0 Å². The van der Waals surface area contributed by atoms with Gasteiger partial charge in [0.25, 0.3) is 0 Å². The van der Waals surface area contributed by atoms with Crippen molar-refractivity contribution >= 4 is 11.9 Å². The molecule has 1 atom stereocenters. The summed E-state index contributed by atoms with van der Waals surface area (Å²) in [5.74, 6) is 0.681. The van der Waals surface area contributed by atoms with Crippen LogP contribution in [0.4, 0.5) is 0 Å². The second-order valence-electron chi connectivity index (χ2n) is 5.05. The van der Waals surface area contributed by atoms with Crippen molar-refractivity contribution in [3.05, 3.63) is 0 Å². The molecule has 0 aromatic rings. The Kier molecular flexibility index (Phi) is 5.44. The molecule has 3 N–H and O–H groups in total. The second-order valence-corrected chi connectivity index (χ2v) is 5.05. The van der Waals surface area contributed by atoms with Crippen molar-refractivity contribution in [2.45, 2.75) is 44.8 Å². The fraction of sp³-hybridized carbons (Fsp3) is 0.846. The van der Waals surface area contributed by atoms with Crippen LogP contribution in [-0.4, -0.2) is 50.3 Å². The van der Waals surface area contributed by atoms with Crippen LogP contribution < -0.4 is 16.0 Å². The molecule has 1 saturated carbocycles. The van der Waals surface area contributed by atoms with E-state index in [4.69, 9.17) is 4.74 Å². The Bertz CT molecular complexity index is 323. The molecule has 0 spiro atoms. The molecule has 6 nitrogen and oxygen atoms in total. The number of hydrogen-bond acceptors (Lipinski definition) is 3. The topological polar surface area (TPSA) is 74.8 Å². The number of rotatable bonds is 6. The van der Waals surface area contributed by atoms with Crippen molar-refractivity contribution in [2.75, 3.05) is 26.2 Å². The Labute approximate surface area is 114 Å². The molecule has 1 unspecified atom stereocenters. The van der Waals surface area contributed by atoms with Gasteiger partial charge < -0.3 is 20.7 Å². The maximum atomic E-state index is 11.6. The van der Waals surface area contributed by atoms with E-state index in [2.05, 4.69) is 20.9 Å². The molecule has 2 fully saturated rings. The lowest BCUT2D eigenvalue weighted by molar-refractivity contribution is -0.119. The number of nitrogens with one attached hydrogen (secondary N) is 3. The van der Waals surface area contributed by atoms with Crippen molar-refractivity contribution in [3.8, 4) is 0 Å². The van der Waals surface area contributed by atoms with Gasteiger partial charge in [0.1, 0.15) is 6.54 Å². The first-order valence-electron chi connectivity index (χ1n) is 7.21. The van der Waals surface area contributed by atoms with E-state index >= 15 is 0 Å². The zero-order valence-corrected chi connectivity index (χ0v) is 11.6. The van der Waals surface area contributed by atoms with Gasteiger partial charge in [-0.05, 0) is 32.6 Å². The van der Waals surface area contributed by atoms with Crippen molar-refractivity contribution in [3.63, 3.8) is 0 Å². The van der Waals surface area contributed by atoms with Crippen LogP contribution in [0.3, 0.4) is 0 Å². The van der Waals surface area contributed by atoms with Crippen LogP contribution >= 0.6 is 0 Å². The molecule has 1 saturated heterocycles. The molecule has 0 aromatic heterocycles. The first-order valence-corrected chi connectivity index (χ1v) is 7.21. The predicted octanol–water partition coefficient (Wildman–Crippen LogP) is -0.000900. The monoisotopic (exact) mass is 268 g/mol. The zero-order valence-electron chi connectivity index (χ0n) is 11.6. The van der Waals surface area contributed by atoms with E-state index in [0.29, 0.717) is 12.0 Å². The van der Waals surface area contributed by atoms with E-state index in [0.717, 1.165) is 45.4 Å². The predicted molar refractivity (Wildman–Crippen MR) is 74.1 cm³/mol. The van der Waals surface area contributed by atoms with Crippen LogP contribution in [0.2, 0.25) is 0 Å². The molecule has 0 aromatic carbocycles. The van der Waals surface area contributed by atoms with Gasteiger partial charge in [0.05, 0.1) is 6.10 Å². The summed E-state index contributed by atoms with van der Waals surface area (Å²) in [6.45, 7) is 4.56. The number of amides is 1. The van der Waals surface area contributed by atoms with Gasteiger partial charge in [-0.1, -0.05) is 0 Å². The molecular weight excluding hydrogens is 244 g/mol. The Balaban J connectivity index is 1.70. The SMILES string of the molecule is CCNC(=NCC(=O)NC1CC1)NCC1CCCO1. The molecule has 1 amide bonds. The quantitative estimate of drug-likeness (QED) is 0.468. The van der Waals surface area contributed by atoms with Gasteiger partial charge in [-0.25, -0.2) is 4.99 Å². The highest BCUT2D eigenvalue weighted by Crippen LogP contribution is 2.18. The number of carbonyl (C=O) groups is 1. The molecule has 108 valence electrons. The smallest absolute Gasteiger partial charge is 0.242 e. The first-order chi connectivity index (χ1) is 9.28. The third-order valence-electron chi connectivity index (χ3n) is 3.19. The van der Waals surface area contributed by atoms with Crippen LogP contribution in [-0.2, 0) is 9.53 Å². The van der Waals surface area contributed by atoms with E-state index in [1.807, 2.05) is 6.92 Å². The van der Waals surface area contributed by atoms with Gasteiger partial charge in [-0.3, -0.25) is 4.79 Å². The highest BCUT2D eigenvalue weighted by molar-refractivity contribution is 5.85. The molecule has 0 radical (unpaired) electrons. The molecule has 1 aliphatic carbocycles. The molecule has 2 rings (SSSR count). The average Bonchev–Trinajstić information content (AvgIpc) is 3.05. The third kappa shape index (κ3) is 5.46. The summed E-state index contributed by atoms with van der Waals surface area (Å²) in [6.07, 6.45) is 4.70. The minimum Gasteiger partial charge on any atom is -0.376 e. The van der Waals surface area contributed by atoms with Gasteiger partial charge in [-0.15, -0.1) is 0 Å². The summed E-state index contributed by atoms with van der Waals surface area (Å²) in [5.41, 5.74) is 0. The summed E-state index contributed by atoms with van der Waals surface area (Å²) in [5, 5.41) is 9.28. The number of carbonyl (C=O) groups excluding carboxylic acids is 1. The Hall–Kier alpha value is -1.30. The van der Waals surface area contributed by atoms with Gasteiger partial charge in [-0.2, -0.15) is 0 Å². The van der Waals surface area contributed by atoms with E-state index in [1.54, 1.807) is 0 Å². The first kappa shape index (κ1) is 14.1. The normalized spacial score (nSPS) is 23.2. The lowest BCUT2D eigenvalue weighted by Gasteiger charge is -2.14. The Morgan fingerprint density at radius 1 is 1.32 bits per heavy atom. The van der Waals surface area contributed by atoms with E-state index in [-0.39, 0.29) is 18.6 Å². The van der Waals surface area contributed by atoms with Crippen molar-refractivity contribution in [1.82, 2.24) is 16.0 Å². The van der Waals surface area contributed by atoms with Crippen molar-refractivity contribution in [1.29, 1.82) is 0 Å². The van der Waals surface area contributed by atoms with Gasteiger partial charge in [0, 0.05) is 25.7 Å². The molecule has 0 bridgehead atoms. The van der Waals surface area contributed by atoms with Crippen molar-refractivity contribution < 1.29 is 9.53 Å². The van der Waals surface area contributed by atoms with Crippen LogP contribution in [0.1, 0.15) is 32.6 Å². The third-order valence-corrected chi connectivity index (χ3v) is 3.19. The molecule has 6 heteroatoms. The van der Waals surface area contributed by atoms with Gasteiger partial charge >= 0.3 is 0 Å². The number of nitrogens with zero attached hydrogens (tertiary/aromatic N) is 1. The molecule has 2 aliphatic rings. The van der Waals surface area contributed by atoms with E-state index < -0.39 is 0 Å². The zero-order chi connectivity index (χ0) is 13.5. The lowest BCUT2D eigenvalue weighted by Crippen LogP contribution is -2.41. The number of guanidine groups is 1. The van der Waals surface area contributed by atoms with Crippen molar-refractivity contribution in [2.24, 2.45) is 4.99 Å². The second kappa shape index (κ2) is 7.33. The van der Waals surface area contributed by atoms with E-state index in [9.17, 15) is 4.79 Å². The summed E-state index contributed by atoms with van der Waals surface area (Å²) >= 11 is 0. The minimum absolute atomic E-state index is 0.00294. The number of hydrogen-bond donors (Lipinski definition) is 3. The average molecular weight is 268 g/mol. The maximum absolute atomic E-state index is 11.6. The standard InChI is InChI=1S/C13H24N4O2/c1-2-14-13(15-8-11-4-3-7-19-11)16-9-12(18)17-10-5-6-10/h10-11H,2-9H2,1H3,(H,17,18)(H2,14,15,16). The number of aliphatic imine (C=N–C) groups is 1. The summed E-state index contributed by atoms with van der Waals surface area (Å²) in [4.78, 5) is 15.8. The molecular formula is C13H24N4O2.